The van der Waals surface area contributed by atoms with Crippen molar-refractivity contribution in [2.24, 2.45) is 23.5 Å². The number of hydrogen-bond acceptors (Lipinski definition) is 16. The number of primary amides is 1. The van der Waals surface area contributed by atoms with E-state index in [1.165, 1.54) is 36.4 Å². The topological polar surface area (TPSA) is 264 Å². The van der Waals surface area contributed by atoms with Gasteiger partial charge in [0.15, 0.2) is 0 Å². The number of carbonyl (C=O) groups is 3. The standard InChI is InChI=1S/C24H31ClFN3O2.C24H29ClFN3O.C20H29N3O3.C9H8ClFO.C4H10O.CH2Cl2.CH4.ClH.K.H2O/c1-28(2)15-20-16-29(11-4-6-17-8-9-21(26)14-22(17)25)12-10-24(20,31)19-7-3-5-18(13-19)23(27)30;1-28(2)16-21-17-29(11-4-6-19-8-9-22(26)14-23(19)25)12-10-24(21,30)20-7-3-5-18(13-20)15-27;1-19(2,3)26-18(24)23-10-9-20(25,17(14-23)13-22(4)5)16-8-6-7-15(11-16)12-21;10-9-6-8(11)4-3-7(9)2-1-5-12;1-4(2,3)5;2-1-3;;;;/h3,5,7-9,13-14,20,31H,4,6,10-12,15-16H2,1-2H3,(H2,27,30);3,5,7-9,13-14,21,30H,4,6,10-12,16-17H2,1-2H3;6-8,11,17,25H,9-10,13-14H2,1-5H3;3-6H,1-2H2;5H,1-3H3;1H2;1H4;1H;;1H2/q;;;;;;;;+1;/p-1. The largest absolute Gasteiger partial charge is 1.00 e. The minimum absolute atomic E-state index is 0. The van der Waals surface area contributed by atoms with Gasteiger partial charge in [-0.1, -0.05) is 96.8 Å². The average Bonchev–Trinajstić information content (AvgIpc) is 0.787. The molecule has 6 unspecified atom stereocenters. The fraction of sp³-hybridized carbons (Fsp3) is 0.506. The van der Waals surface area contributed by atoms with Crippen molar-refractivity contribution in [3.05, 3.63) is 210 Å². The third-order valence-electron chi connectivity index (χ3n) is 18.3. The van der Waals surface area contributed by atoms with E-state index in [0.29, 0.717) is 83.5 Å². The van der Waals surface area contributed by atoms with Crippen LogP contribution in [0.5, 0.6) is 0 Å². The van der Waals surface area contributed by atoms with Gasteiger partial charge in [-0.15, -0.1) is 35.6 Å². The molecule has 0 aromatic heterocycles. The molecular weight excluding hydrogens is 1580 g/mol. The van der Waals surface area contributed by atoms with E-state index in [-0.39, 0.29) is 123 Å². The predicted molar refractivity (Wildman–Crippen MR) is 439 cm³/mol. The van der Waals surface area contributed by atoms with Crippen molar-refractivity contribution in [3.8, 4) is 12.1 Å². The third kappa shape index (κ3) is 36.7. The minimum atomic E-state index is -1.09. The molecule has 9 rings (SSSR count). The van der Waals surface area contributed by atoms with Gasteiger partial charge in [0.2, 0.25) is 5.91 Å². The summed E-state index contributed by atoms with van der Waals surface area (Å²) in [4.78, 5) is 46.7. The normalized spacial score (nSPS) is 19.5. The van der Waals surface area contributed by atoms with Gasteiger partial charge in [0.25, 0.3) is 0 Å². The number of aldehydes is 1. The minimum Gasteiger partial charge on any atom is -0.870 e. The van der Waals surface area contributed by atoms with Gasteiger partial charge in [-0.25, -0.2) is 18.0 Å². The van der Waals surface area contributed by atoms with Gasteiger partial charge < -0.3 is 70.6 Å². The van der Waals surface area contributed by atoms with E-state index in [9.17, 15) is 48.1 Å². The first-order valence-electron chi connectivity index (χ1n) is 35.8. The number of nitrogens with zero attached hydrogens (tertiary/aromatic N) is 8. The molecule has 3 aliphatic rings. The summed E-state index contributed by atoms with van der Waals surface area (Å²) in [6, 6.07) is 39.1. The molecule has 6 aromatic rings. The number of amides is 2. The van der Waals surface area contributed by atoms with Crippen LogP contribution in [0.2, 0.25) is 15.1 Å². The predicted octanol–water partition coefficient (Wildman–Crippen LogP) is 12.6. The second-order valence-electron chi connectivity index (χ2n) is 30.1. The number of benzene rings is 6. The molecule has 2 amide bonds. The number of ether oxygens (including phenoxy) is 1. The van der Waals surface area contributed by atoms with Crippen LogP contribution in [0.1, 0.15) is 142 Å². The van der Waals surface area contributed by atoms with Crippen molar-refractivity contribution in [2.45, 2.75) is 135 Å². The Bertz CT molecular complexity index is 3880. The van der Waals surface area contributed by atoms with Gasteiger partial charge in [-0.3, -0.25) is 4.79 Å². The molecule has 0 radical (unpaired) electrons. The molecule has 6 aromatic carbocycles. The van der Waals surface area contributed by atoms with Crippen molar-refractivity contribution in [3.63, 3.8) is 0 Å². The Morgan fingerprint density at radius 1 is 0.586 bits per heavy atom. The van der Waals surface area contributed by atoms with Gasteiger partial charge >= 0.3 is 57.5 Å². The summed E-state index contributed by atoms with van der Waals surface area (Å²) in [6.07, 6.45) is 6.45. The Morgan fingerprint density at radius 2 is 0.919 bits per heavy atom. The molecule has 0 bridgehead atoms. The van der Waals surface area contributed by atoms with E-state index < -0.39 is 33.9 Å². The van der Waals surface area contributed by atoms with E-state index >= 15 is 0 Å². The zero-order valence-corrected chi connectivity index (χ0v) is 73.5. The molecule has 18 nitrogen and oxygen atoms in total. The number of aryl methyl sites for hydroxylation is 3. The second-order valence-corrected chi connectivity index (χ2v) is 32.2. The van der Waals surface area contributed by atoms with E-state index in [0.717, 1.165) is 118 Å². The fourth-order valence-electron chi connectivity index (χ4n) is 13.2. The van der Waals surface area contributed by atoms with Crippen LogP contribution in [0, 0.1) is 57.9 Å². The van der Waals surface area contributed by atoms with Crippen LogP contribution in [0.25, 0.3) is 0 Å². The Labute approximate surface area is 731 Å². The molecule has 3 saturated heterocycles. The van der Waals surface area contributed by atoms with Gasteiger partial charge in [0.05, 0.1) is 51.0 Å². The van der Waals surface area contributed by atoms with E-state index in [4.69, 9.17) is 78.8 Å². The maximum absolute atomic E-state index is 13.2. The number of likely N-dealkylation sites (tertiary alicyclic amines) is 3. The van der Waals surface area contributed by atoms with E-state index in [1.807, 2.05) is 98.3 Å². The number of halogens is 9. The average molecular weight is 1690 g/mol. The van der Waals surface area contributed by atoms with Crippen LogP contribution >= 0.6 is 70.4 Å². The monoisotopic (exact) mass is 1690 g/mol. The Kier molecular flexibility index (Phi) is 49.4. The molecule has 0 spiro atoms. The number of piperidine rings is 3. The quantitative estimate of drug-likeness (QED) is 0.0255. The van der Waals surface area contributed by atoms with Gasteiger partial charge in [0, 0.05) is 104 Å². The number of hydrogen-bond donors (Lipinski definition) is 5. The van der Waals surface area contributed by atoms with Crippen molar-refractivity contribution in [1.29, 1.82) is 10.5 Å². The fourth-order valence-corrected chi connectivity index (χ4v) is 14.0. The number of carbonyl (C=O) groups excluding carboxylic acids is 3. The first-order chi connectivity index (χ1) is 50.2. The number of rotatable bonds is 21. The van der Waals surface area contributed by atoms with Crippen molar-refractivity contribution in [1.82, 2.24) is 29.4 Å². The van der Waals surface area contributed by atoms with Crippen molar-refractivity contribution in [2.75, 3.05) is 120 Å². The van der Waals surface area contributed by atoms with E-state index in [1.54, 1.807) is 86.3 Å². The first-order valence-corrected chi connectivity index (χ1v) is 38.0. The smallest absolute Gasteiger partial charge is 0.870 e. The number of nitrogens with two attached hydrogens (primary N) is 1. The molecule has 28 heteroatoms. The van der Waals surface area contributed by atoms with Crippen LogP contribution in [0.3, 0.4) is 0 Å². The summed E-state index contributed by atoms with van der Waals surface area (Å²) >= 11 is 27.5. The maximum atomic E-state index is 13.2. The zero-order chi connectivity index (χ0) is 80.0. The molecule has 7 N–H and O–H groups in total. The summed E-state index contributed by atoms with van der Waals surface area (Å²) in [6.45, 7) is 18.5. The van der Waals surface area contributed by atoms with E-state index in [2.05, 4.69) is 31.7 Å². The molecule has 3 heterocycles. The molecule has 610 valence electrons. The summed E-state index contributed by atoms with van der Waals surface area (Å²) in [5, 5.41) is 63.3. The Hall–Kier alpha value is -4.52. The SMILES string of the molecule is C.CC(C)(C)O.CN(C)CC1CN(C(=O)OC(C)(C)C)CCC1(O)c1cccc(C#N)c1.CN(C)CC1CN(CCCc2ccc(F)cc2Cl)CCC1(O)c1cccc(C#N)c1.CN(C)CC1CN(CCCc2ccc(F)cc2Cl)CCC1(O)c1cccc(C(N)=O)c1.Cl.ClCCl.O=CCCc1ccc(F)cc1Cl.[K+].[OH-]. The summed E-state index contributed by atoms with van der Waals surface area (Å²) < 4.78 is 44.5. The third-order valence-corrected chi connectivity index (χ3v) is 19.3. The summed E-state index contributed by atoms with van der Waals surface area (Å²) in [5.74, 6) is -1.66. The van der Waals surface area contributed by atoms with Crippen molar-refractivity contribution < 1.29 is 110 Å². The van der Waals surface area contributed by atoms with Crippen LogP contribution in [0.15, 0.2) is 127 Å². The zero-order valence-electron chi connectivity index (χ0n) is 65.7. The van der Waals surface area contributed by atoms with Gasteiger partial charge in [-0.2, -0.15) is 10.5 Å². The van der Waals surface area contributed by atoms with Gasteiger partial charge in [-0.05, 0) is 254 Å². The van der Waals surface area contributed by atoms with Crippen LogP contribution < -0.4 is 57.1 Å². The molecule has 6 atom stereocenters. The van der Waals surface area contributed by atoms with Crippen LogP contribution in [0.4, 0.5) is 18.0 Å². The molecule has 3 fully saturated rings. The number of alkyl halides is 2. The van der Waals surface area contributed by atoms with Gasteiger partial charge in [0.1, 0.15) is 29.3 Å². The Morgan fingerprint density at radius 3 is 1.24 bits per heavy atom. The first kappa shape index (κ1) is 106. The van der Waals surface area contributed by atoms with Crippen molar-refractivity contribution >= 4 is 88.7 Å². The van der Waals surface area contributed by atoms with Crippen LogP contribution in [-0.4, -0.2) is 204 Å². The Balaban J connectivity index is 0.00000143. The number of aliphatic hydroxyl groups is 4. The number of nitriles is 2. The molecular formula is C83H115Cl6F3KN9O9. The summed E-state index contributed by atoms with van der Waals surface area (Å²) in [7, 11) is 11.9. The molecule has 0 saturated carbocycles. The molecule has 111 heavy (non-hydrogen) atoms. The van der Waals surface area contributed by atoms with Crippen LogP contribution in [-0.2, 0) is 45.6 Å². The molecule has 0 aliphatic carbocycles. The maximum Gasteiger partial charge on any atom is 1.00 e. The second kappa shape index (κ2) is 51.5. The summed E-state index contributed by atoms with van der Waals surface area (Å²) in [5.41, 5.74) is 7.86. The molecule has 3 aliphatic heterocycles.